The molecule has 1 aliphatic heterocycles. The molecule has 7 heteroatoms. The molecule has 0 fully saturated rings. The summed E-state index contributed by atoms with van der Waals surface area (Å²) in [4.78, 5) is 25.8. The average Bonchev–Trinajstić information content (AvgIpc) is 2.60. The first-order chi connectivity index (χ1) is 12.0. The Morgan fingerprint density at radius 1 is 1.24 bits per heavy atom. The highest BCUT2D eigenvalue weighted by molar-refractivity contribution is 6.12. The summed E-state index contributed by atoms with van der Waals surface area (Å²) in [5, 5.41) is 0. The van der Waals surface area contributed by atoms with E-state index in [1.807, 2.05) is 36.6 Å². The van der Waals surface area contributed by atoms with Gasteiger partial charge in [-0.25, -0.2) is 5.84 Å². The number of ether oxygens (including phenoxy) is 1. The van der Waals surface area contributed by atoms with Crippen molar-refractivity contribution in [2.75, 3.05) is 17.2 Å². The number of hydrazine groups is 1. The van der Waals surface area contributed by atoms with Gasteiger partial charge in [-0.3, -0.25) is 19.9 Å². The van der Waals surface area contributed by atoms with Gasteiger partial charge in [0.1, 0.15) is 6.54 Å². The van der Waals surface area contributed by atoms with Crippen molar-refractivity contribution in [2.45, 2.75) is 6.92 Å². The van der Waals surface area contributed by atoms with Crippen molar-refractivity contribution in [3.63, 3.8) is 0 Å². The van der Waals surface area contributed by atoms with E-state index < -0.39 is 11.8 Å². The molecule has 0 spiro atoms. The van der Waals surface area contributed by atoms with Gasteiger partial charge >= 0.3 is 0 Å². The summed E-state index contributed by atoms with van der Waals surface area (Å²) in [6, 6.07) is 12.6. The summed E-state index contributed by atoms with van der Waals surface area (Å²) < 4.78 is 5.73. The quantitative estimate of drug-likeness (QED) is 0.257. The monoisotopic (exact) mass is 338 g/mol. The van der Waals surface area contributed by atoms with Crippen molar-refractivity contribution in [1.29, 1.82) is 0 Å². The van der Waals surface area contributed by atoms with E-state index in [0.29, 0.717) is 17.1 Å². The van der Waals surface area contributed by atoms with Crippen molar-refractivity contribution in [3.05, 3.63) is 59.4 Å². The lowest BCUT2D eigenvalue weighted by atomic mass is 10.1. The number of nitrogens with two attached hydrogens (primary N) is 2. The Balaban J connectivity index is 2.02. The molecule has 0 unspecified atom stereocenters. The van der Waals surface area contributed by atoms with Gasteiger partial charge in [0, 0.05) is 5.69 Å². The van der Waals surface area contributed by atoms with Crippen LogP contribution in [0, 0.1) is 6.92 Å². The molecule has 25 heavy (non-hydrogen) atoms. The van der Waals surface area contributed by atoms with Crippen molar-refractivity contribution in [3.8, 4) is 5.75 Å². The van der Waals surface area contributed by atoms with Gasteiger partial charge in [0.05, 0.1) is 5.69 Å². The lowest BCUT2D eigenvalue weighted by Crippen LogP contribution is -2.45. The van der Waals surface area contributed by atoms with Crippen LogP contribution in [0.25, 0.3) is 6.08 Å². The summed E-state index contributed by atoms with van der Waals surface area (Å²) in [5.74, 6) is 4.76. The van der Waals surface area contributed by atoms with Crippen molar-refractivity contribution < 1.29 is 14.3 Å². The number of aryl methyl sites for hydroxylation is 1. The van der Waals surface area contributed by atoms with Gasteiger partial charge in [0.25, 0.3) is 11.8 Å². The van der Waals surface area contributed by atoms with Crippen LogP contribution in [0.4, 0.5) is 11.4 Å². The first kappa shape index (κ1) is 16.5. The minimum Gasteiger partial charge on any atom is -0.449 e. The fourth-order valence-electron chi connectivity index (χ4n) is 2.49. The normalized spacial score (nSPS) is 14.9. The number of benzene rings is 2. The molecule has 1 heterocycles. The minimum absolute atomic E-state index is 0.117. The molecule has 0 aromatic heterocycles. The van der Waals surface area contributed by atoms with E-state index in [9.17, 15) is 9.59 Å². The number of anilines is 2. The Hall–Kier alpha value is -3.32. The Morgan fingerprint density at radius 2 is 1.96 bits per heavy atom. The van der Waals surface area contributed by atoms with Crippen LogP contribution in [0.2, 0.25) is 0 Å². The molecule has 0 bridgehead atoms. The van der Waals surface area contributed by atoms with Crippen LogP contribution < -0.4 is 26.6 Å². The Morgan fingerprint density at radius 3 is 2.64 bits per heavy atom. The second-order valence-electron chi connectivity index (χ2n) is 5.71. The van der Waals surface area contributed by atoms with E-state index in [0.717, 1.165) is 11.1 Å². The fourth-order valence-corrected chi connectivity index (χ4v) is 2.49. The molecule has 1 aliphatic rings. The predicted octanol–water partition coefficient (Wildman–Crippen LogP) is 1.33. The van der Waals surface area contributed by atoms with Gasteiger partial charge in [0.15, 0.2) is 11.5 Å². The maximum absolute atomic E-state index is 12.8. The second kappa shape index (κ2) is 6.66. The lowest BCUT2D eigenvalue weighted by Gasteiger charge is -2.30. The lowest BCUT2D eigenvalue weighted by molar-refractivity contribution is -0.123. The molecule has 2 aromatic carbocycles. The first-order valence-corrected chi connectivity index (χ1v) is 7.65. The Bertz CT molecular complexity index is 859. The van der Waals surface area contributed by atoms with Gasteiger partial charge in [0.2, 0.25) is 0 Å². The van der Waals surface area contributed by atoms with E-state index in [2.05, 4.69) is 0 Å². The summed E-state index contributed by atoms with van der Waals surface area (Å²) in [6.07, 6.45) is 1.63. The van der Waals surface area contributed by atoms with E-state index in [4.69, 9.17) is 16.3 Å². The van der Waals surface area contributed by atoms with Gasteiger partial charge in [-0.1, -0.05) is 29.8 Å². The number of nitrogen functional groups attached to an aromatic ring is 1. The number of fused-ring (bicyclic) bond motifs is 1. The van der Waals surface area contributed by atoms with Crippen LogP contribution in [0.1, 0.15) is 11.1 Å². The topological polar surface area (TPSA) is 111 Å². The van der Waals surface area contributed by atoms with Crippen molar-refractivity contribution >= 4 is 29.3 Å². The molecule has 0 saturated heterocycles. The smallest absolute Gasteiger partial charge is 0.294 e. The predicted molar refractivity (Wildman–Crippen MR) is 95.3 cm³/mol. The van der Waals surface area contributed by atoms with Crippen LogP contribution >= 0.6 is 0 Å². The zero-order valence-electron chi connectivity index (χ0n) is 13.7. The zero-order chi connectivity index (χ0) is 18.0. The Labute approximate surface area is 144 Å². The largest absolute Gasteiger partial charge is 0.449 e. The van der Waals surface area contributed by atoms with E-state index in [1.165, 1.54) is 4.90 Å². The summed E-state index contributed by atoms with van der Waals surface area (Å²) >= 11 is 0. The summed E-state index contributed by atoms with van der Waals surface area (Å²) in [7, 11) is 0. The zero-order valence-corrected chi connectivity index (χ0v) is 13.7. The maximum atomic E-state index is 12.8. The highest BCUT2D eigenvalue weighted by Crippen LogP contribution is 2.37. The number of nitrogens with one attached hydrogen (secondary N) is 1. The summed E-state index contributed by atoms with van der Waals surface area (Å²) in [5.41, 5.74) is 10.6. The van der Waals surface area contributed by atoms with Crippen LogP contribution in [0.3, 0.4) is 0 Å². The van der Waals surface area contributed by atoms with Gasteiger partial charge in [-0.2, -0.15) is 0 Å². The third-order valence-corrected chi connectivity index (χ3v) is 3.79. The fraction of sp³-hybridized carbons (Fsp3) is 0.111. The van der Waals surface area contributed by atoms with Crippen LogP contribution in [0.5, 0.6) is 5.75 Å². The summed E-state index contributed by atoms with van der Waals surface area (Å²) in [6.45, 7) is 1.74. The van der Waals surface area contributed by atoms with Gasteiger partial charge in [-0.05, 0) is 36.8 Å². The second-order valence-corrected chi connectivity index (χ2v) is 5.71. The SMILES string of the molecule is Cc1ccc(/C=C2/Oc3ccc(N)cc3N(CC(=O)NN)C2=O)cc1. The third-order valence-electron chi connectivity index (χ3n) is 3.79. The molecule has 2 amide bonds. The molecule has 5 N–H and O–H groups in total. The van der Waals surface area contributed by atoms with Gasteiger partial charge in [-0.15, -0.1) is 0 Å². The van der Waals surface area contributed by atoms with Crippen molar-refractivity contribution in [2.24, 2.45) is 5.84 Å². The number of hydrogen-bond donors (Lipinski definition) is 3. The van der Waals surface area contributed by atoms with E-state index in [1.54, 1.807) is 24.3 Å². The molecule has 0 saturated carbocycles. The number of carbonyl (C=O) groups excluding carboxylic acids is 2. The number of nitrogens with zero attached hydrogens (tertiary/aromatic N) is 1. The van der Waals surface area contributed by atoms with Crippen LogP contribution in [-0.4, -0.2) is 18.4 Å². The molecule has 7 nitrogen and oxygen atoms in total. The van der Waals surface area contributed by atoms with Crippen molar-refractivity contribution in [1.82, 2.24) is 5.43 Å². The number of rotatable bonds is 3. The first-order valence-electron chi connectivity index (χ1n) is 7.65. The molecular weight excluding hydrogens is 320 g/mol. The highest BCUT2D eigenvalue weighted by Gasteiger charge is 2.31. The maximum Gasteiger partial charge on any atom is 0.294 e. The highest BCUT2D eigenvalue weighted by atomic mass is 16.5. The number of amides is 2. The Kier molecular flexibility index (Phi) is 4.40. The third kappa shape index (κ3) is 3.46. The average molecular weight is 338 g/mol. The van der Waals surface area contributed by atoms with E-state index >= 15 is 0 Å². The molecule has 0 atom stereocenters. The van der Waals surface area contributed by atoms with Gasteiger partial charge < -0.3 is 10.5 Å². The standard InChI is InChI=1S/C18H18N4O3/c1-11-2-4-12(5-3-11)8-16-18(24)22(10-17(23)21-20)14-9-13(19)6-7-15(14)25-16/h2-9H,10,19-20H2,1H3,(H,21,23)/b16-8+. The minimum atomic E-state index is -0.502. The van der Waals surface area contributed by atoms with Crippen LogP contribution in [-0.2, 0) is 9.59 Å². The van der Waals surface area contributed by atoms with Crippen LogP contribution in [0.15, 0.2) is 48.2 Å². The molecule has 0 aliphatic carbocycles. The number of carbonyl (C=O) groups is 2. The molecule has 2 aromatic rings. The molecular formula is C18H18N4O3. The molecule has 3 rings (SSSR count). The molecule has 128 valence electrons. The molecule has 0 radical (unpaired) electrons. The van der Waals surface area contributed by atoms with E-state index in [-0.39, 0.29) is 12.3 Å². The number of hydrogen-bond acceptors (Lipinski definition) is 5.